The fourth-order valence-electron chi connectivity index (χ4n) is 1.21. The van der Waals surface area contributed by atoms with Crippen LogP contribution in [0.25, 0.3) is 0 Å². The maximum atomic E-state index is 11.6. The van der Waals surface area contributed by atoms with Crippen molar-refractivity contribution in [1.29, 1.82) is 0 Å². The SMILES string of the molecule is O=C1NCCN1C(=O)c1ccsc1. The van der Waals surface area contributed by atoms with Gasteiger partial charge in [-0.05, 0) is 11.4 Å². The predicted octanol–water partition coefficient (Wildman–Crippen LogP) is 0.913. The van der Waals surface area contributed by atoms with Crippen molar-refractivity contribution in [2.45, 2.75) is 0 Å². The standard InChI is InChI=1S/C8H8N2O2S/c11-7(6-1-4-13-5-6)10-3-2-9-8(10)12/h1,4-5H,2-3H2,(H,9,12). The molecule has 0 atom stereocenters. The monoisotopic (exact) mass is 196 g/mol. The molecule has 0 unspecified atom stereocenters. The highest BCUT2D eigenvalue weighted by molar-refractivity contribution is 7.08. The van der Waals surface area contributed by atoms with Gasteiger partial charge in [0.15, 0.2) is 0 Å². The molecule has 1 aliphatic heterocycles. The van der Waals surface area contributed by atoms with Crippen LogP contribution in [0, 0.1) is 0 Å². The second-order valence-corrected chi connectivity index (χ2v) is 3.48. The lowest BCUT2D eigenvalue weighted by atomic mass is 10.3. The molecule has 0 radical (unpaired) electrons. The van der Waals surface area contributed by atoms with Gasteiger partial charge in [0.25, 0.3) is 5.91 Å². The molecule has 0 saturated carbocycles. The number of carbonyl (C=O) groups excluding carboxylic acids is 2. The number of carbonyl (C=O) groups is 2. The van der Waals surface area contributed by atoms with Crippen LogP contribution in [0.2, 0.25) is 0 Å². The zero-order valence-electron chi connectivity index (χ0n) is 6.82. The van der Waals surface area contributed by atoms with Gasteiger partial charge in [0.2, 0.25) is 0 Å². The zero-order chi connectivity index (χ0) is 9.26. The van der Waals surface area contributed by atoms with Crippen molar-refractivity contribution in [1.82, 2.24) is 10.2 Å². The largest absolute Gasteiger partial charge is 0.336 e. The Morgan fingerprint density at radius 3 is 3.00 bits per heavy atom. The fourth-order valence-corrected chi connectivity index (χ4v) is 1.84. The topological polar surface area (TPSA) is 49.4 Å². The summed E-state index contributed by atoms with van der Waals surface area (Å²) in [5.74, 6) is -0.212. The molecule has 68 valence electrons. The molecule has 4 nitrogen and oxygen atoms in total. The van der Waals surface area contributed by atoms with E-state index in [1.54, 1.807) is 11.4 Å². The Hall–Kier alpha value is -1.36. The van der Waals surface area contributed by atoms with Crippen molar-refractivity contribution in [2.24, 2.45) is 0 Å². The summed E-state index contributed by atoms with van der Waals surface area (Å²) in [4.78, 5) is 23.9. The maximum absolute atomic E-state index is 11.6. The van der Waals surface area contributed by atoms with E-state index in [1.807, 2.05) is 5.38 Å². The minimum absolute atomic E-state index is 0.212. The first-order valence-electron chi connectivity index (χ1n) is 3.91. The Morgan fingerprint density at radius 1 is 1.62 bits per heavy atom. The highest BCUT2D eigenvalue weighted by Gasteiger charge is 2.26. The molecule has 5 heteroatoms. The molecule has 1 fully saturated rings. The van der Waals surface area contributed by atoms with E-state index in [1.165, 1.54) is 16.2 Å². The smallest absolute Gasteiger partial charge is 0.324 e. The quantitative estimate of drug-likeness (QED) is 0.726. The summed E-state index contributed by atoms with van der Waals surface area (Å²) in [7, 11) is 0. The second-order valence-electron chi connectivity index (χ2n) is 2.70. The highest BCUT2D eigenvalue weighted by Crippen LogP contribution is 2.10. The summed E-state index contributed by atoms with van der Waals surface area (Å²) in [5, 5.41) is 6.15. The van der Waals surface area contributed by atoms with Crippen LogP contribution in [0.5, 0.6) is 0 Å². The first-order chi connectivity index (χ1) is 6.29. The first-order valence-corrected chi connectivity index (χ1v) is 4.85. The average molecular weight is 196 g/mol. The van der Waals surface area contributed by atoms with Crippen LogP contribution < -0.4 is 5.32 Å². The fraction of sp³-hybridized carbons (Fsp3) is 0.250. The lowest BCUT2D eigenvalue weighted by Crippen LogP contribution is -2.33. The molecule has 1 aromatic rings. The van der Waals surface area contributed by atoms with Crippen LogP contribution in [-0.4, -0.2) is 29.9 Å². The molecule has 1 N–H and O–H groups in total. The van der Waals surface area contributed by atoms with E-state index in [0.717, 1.165) is 0 Å². The van der Waals surface area contributed by atoms with Crippen LogP contribution in [0.15, 0.2) is 16.8 Å². The van der Waals surface area contributed by atoms with Crippen molar-refractivity contribution < 1.29 is 9.59 Å². The van der Waals surface area contributed by atoms with Crippen molar-refractivity contribution in [3.8, 4) is 0 Å². The molecule has 2 rings (SSSR count). The number of thiophene rings is 1. The van der Waals surface area contributed by atoms with Gasteiger partial charge in [-0.3, -0.25) is 9.69 Å². The molecule has 0 aliphatic carbocycles. The molecule has 3 amide bonds. The number of amides is 3. The van der Waals surface area contributed by atoms with Gasteiger partial charge in [0.1, 0.15) is 0 Å². The maximum Gasteiger partial charge on any atom is 0.324 e. The third-order valence-corrected chi connectivity index (χ3v) is 2.55. The average Bonchev–Trinajstić information content (AvgIpc) is 2.72. The molecule has 1 aromatic heterocycles. The zero-order valence-corrected chi connectivity index (χ0v) is 7.63. The minimum Gasteiger partial charge on any atom is -0.336 e. The van der Waals surface area contributed by atoms with Gasteiger partial charge >= 0.3 is 6.03 Å². The van der Waals surface area contributed by atoms with Crippen molar-refractivity contribution in [3.63, 3.8) is 0 Å². The van der Waals surface area contributed by atoms with Gasteiger partial charge in [-0.15, -0.1) is 0 Å². The molecule has 0 aromatic carbocycles. The van der Waals surface area contributed by atoms with Crippen molar-refractivity contribution in [2.75, 3.05) is 13.1 Å². The number of nitrogens with zero attached hydrogens (tertiary/aromatic N) is 1. The number of imide groups is 1. The van der Waals surface area contributed by atoms with Crippen molar-refractivity contribution in [3.05, 3.63) is 22.4 Å². The molecule has 13 heavy (non-hydrogen) atoms. The first kappa shape index (κ1) is 8.25. The third-order valence-electron chi connectivity index (χ3n) is 1.87. The molecule has 1 aliphatic rings. The number of nitrogens with one attached hydrogen (secondary N) is 1. The summed E-state index contributed by atoms with van der Waals surface area (Å²) in [6.07, 6.45) is 0. The molecule has 2 heterocycles. The number of hydrogen-bond acceptors (Lipinski definition) is 3. The number of urea groups is 1. The molecule has 0 spiro atoms. The van der Waals surface area contributed by atoms with Crippen molar-refractivity contribution >= 4 is 23.3 Å². The Balaban J connectivity index is 2.18. The Morgan fingerprint density at radius 2 is 2.46 bits per heavy atom. The normalized spacial score (nSPS) is 16.0. The van der Waals surface area contributed by atoms with Crippen LogP contribution in [0.4, 0.5) is 4.79 Å². The molecule has 0 bridgehead atoms. The highest BCUT2D eigenvalue weighted by atomic mass is 32.1. The summed E-state index contributed by atoms with van der Waals surface area (Å²) >= 11 is 1.45. The summed E-state index contributed by atoms with van der Waals surface area (Å²) in [5.41, 5.74) is 0.585. The lowest BCUT2D eigenvalue weighted by Gasteiger charge is -2.09. The summed E-state index contributed by atoms with van der Waals surface area (Å²) < 4.78 is 0. The lowest BCUT2D eigenvalue weighted by molar-refractivity contribution is 0.0830. The van der Waals surface area contributed by atoms with Crippen LogP contribution in [0.1, 0.15) is 10.4 Å². The van der Waals surface area contributed by atoms with E-state index in [4.69, 9.17) is 0 Å². The van der Waals surface area contributed by atoms with E-state index < -0.39 is 0 Å². The minimum atomic E-state index is -0.295. The van der Waals surface area contributed by atoms with E-state index in [2.05, 4.69) is 5.32 Å². The second kappa shape index (κ2) is 3.18. The van der Waals surface area contributed by atoms with E-state index in [9.17, 15) is 9.59 Å². The molecular formula is C8H8N2O2S. The Kier molecular flexibility index (Phi) is 2.02. The third kappa shape index (κ3) is 1.42. The van der Waals surface area contributed by atoms with Crippen LogP contribution in [0.3, 0.4) is 0 Å². The predicted molar refractivity (Wildman–Crippen MR) is 48.8 cm³/mol. The van der Waals surface area contributed by atoms with E-state index >= 15 is 0 Å². The van der Waals surface area contributed by atoms with Gasteiger partial charge in [-0.25, -0.2) is 4.79 Å². The van der Waals surface area contributed by atoms with Crippen LogP contribution >= 0.6 is 11.3 Å². The van der Waals surface area contributed by atoms with Gasteiger partial charge in [-0.2, -0.15) is 11.3 Å². The number of rotatable bonds is 1. The van der Waals surface area contributed by atoms with Gasteiger partial charge in [0, 0.05) is 18.5 Å². The number of hydrogen-bond donors (Lipinski definition) is 1. The van der Waals surface area contributed by atoms with Gasteiger partial charge in [0.05, 0.1) is 5.56 Å². The molecular weight excluding hydrogens is 188 g/mol. The van der Waals surface area contributed by atoms with E-state index in [-0.39, 0.29) is 11.9 Å². The molecule has 1 saturated heterocycles. The van der Waals surface area contributed by atoms with E-state index in [0.29, 0.717) is 18.7 Å². The van der Waals surface area contributed by atoms with Gasteiger partial charge in [-0.1, -0.05) is 0 Å². The summed E-state index contributed by atoms with van der Waals surface area (Å²) in [6.45, 7) is 1.02. The van der Waals surface area contributed by atoms with Crippen LogP contribution in [-0.2, 0) is 0 Å². The Labute approximate surface area is 79.2 Å². The summed E-state index contributed by atoms with van der Waals surface area (Å²) in [6, 6.07) is 1.43. The van der Waals surface area contributed by atoms with Gasteiger partial charge < -0.3 is 5.32 Å². The Bertz CT molecular complexity index is 334.